The van der Waals surface area contributed by atoms with E-state index in [2.05, 4.69) is 4.98 Å². The average molecular weight is 273 g/mol. The maximum Gasteiger partial charge on any atom is 0.215 e. The van der Waals surface area contributed by atoms with Crippen LogP contribution < -0.4 is 14.2 Å². The lowest BCUT2D eigenvalue weighted by atomic mass is 10.1. The summed E-state index contributed by atoms with van der Waals surface area (Å²) in [4.78, 5) is 16.6. The number of methoxy groups -OCH3 is 3. The van der Waals surface area contributed by atoms with Crippen molar-refractivity contribution in [1.29, 1.82) is 0 Å². The number of hydrogen-bond acceptors (Lipinski definition) is 5. The van der Waals surface area contributed by atoms with Gasteiger partial charge >= 0.3 is 0 Å². The highest BCUT2D eigenvalue weighted by Crippen LogP contribution is 2.26. The monoisotopic (exact) mass is 273 g/mol. The van der Waals surface area contributed by atoms with Crippen molar-refractivity contribution in [1.82, 2.24) is 4.98 Å². The molecule has 5 heteroatoms. The summed E-state index contributed by atoms with van der Waals surface area (Å²) in [5.74, 6) is 1.22. The molecule has 0 saturated carbocycles. The molecule has 0 N–H and O–H groups in total. The Hall–Kier alpha value is -2.56. The number of pyridine rings is 1. The number of aromatic nitrogens is 1. The number of hydrogen-bond donors (Lipinski definition) is 0. The molecule has 2 aromatic rings. The molecule has 0 aliphatic rings. The van der Waals surface area contributed by atoms with E-state index in [9.17, 15) is 4.79 Å². The van der Waals surface area contributed by atoms with Gasteiger partial charge in [0.25, 0.3) is 0 Å². The standard InChI is InChI=1S/C15H15NO4/c1-18-10-7-8-11(13(9-10)19-2)15(17)12-5-4-6-14(16-12)20-3/h4-9H,1-3H3. The van der Waals surface area contributed by atoms with Crippen LogP contribution in [0.2, 0.25) is 0 Å². The number of ether oxygens (including phenoxy) is 3. The van der Waals surface area contributed by atoms with E-state index in [4.69, 9.17) is 14.2 Å². The highest BCUT2D eigenvalue weighted by Gasteiger charge is 2.17. The number of ketones is 1. The van der Waals surface area contributed by atoms with Crippen LogP contribution >= 0.6 is 0 Å². The molecule has 5 nitrogen and oxygen atoms in total. The van der Waals surface area contributed by atoms with Crippen LogP contribution in [0.1, 0.15) is 16.1 Å². The van der Waals surface area contributed by atoms with Crippen molar-refractivity contribution in [2.24, 2.45) is 0 Å². The van der Waals surface area contributed by atoms with Crippen molar-refractivity contribution in [3.05, 3.63) is 47.7 Å². The van der Waals surface area contributed by atoms with E-state index in [0.717, 1.165) is 0 Å². The topological polar surface area (TPSA) is 57.7 Å². The predicted molar refractivity (Wildman–Crippen MR) is 73.8 cm³/mol. The molecule has 1 aromatic carbocycles. The normalized spacial score (nSPS) is 9.95. The molecule has 0 bridgehead atoms. The van der Waals surface area contributed by atoms with Crippen LogP contribution in [0.3, 0.4) is 0 Å². The Balaban J connectivity index is 2.42. The van der Waals surface area contributed by atoms with Crippen LogP contribution in [0.5, 0.6) is 17.4 Å². The zero-order valence-corrected chi connectivity index (χ0v) is 11.5. The van der Waals surface area contributed by atoms with Gasteiger partial charge in [0.05, 0.1) is 26.9 Å². The van der Waals surface area contributed by atoms with Crippen LogP contribution in [0.15, 0.2) is 36.4 Å². The molecule has 0 aliphatic carbocycles. The van der Waals surface area contributed by atoms with Crippen molar-refractivity contribution < 1.29 is 19.0 Å². The van der Waals surface area contributed by atoms with Crippen molar-refractivity contribution >= 4 is 5.78 Å². The molecule has 0 atom stereocenters. The number of nitrogens with zero attached hydrogens (tertiary/aromatic N) is 1. The van der Waals surface area contributed by atoms with E-state index in [1.807, 2.05) is 0 Å². The minimum absolute atomic E-state index is 0.233. The van der Waals surface area contributed by atoms with Gasteiger partial charge in [0.2, 0.25) is 11.7 Å². The molecule has 0 unspecified atom stereocenters. The molecule has 0 amide bonds. The molecule has 1 aromatic heterocycles. The van der Waals surface area contributed by atoms with Gasteiger partial charge in [-0.05, 0) is 18.2 Å². The first kappa shape index (κ1) is 13.9. The fourth-order valence-electron chi connectivity index (χ4n) is 1.78. The largest absolute Gasteiger partial charge is 0.497 e. The molecule has 0 aliphatic heterocycles. The van der Waals surface area contributed by atoms with Gasteiger partial charge in [-0.1, -0.05) is 6.07 Å². The van der Waals surface area contributed by atoms with E-state index < -0.39 is 0 Å². The Bertz CT molecular complexity index is 625. The van der Waals surface area contributed by atoms with E-state index in [0.29, 0.717) is 28.6 Å². The van der Waals surface area contributed by atoms with Crippen LogP contribution in [-0.2, 0) is 0 Å². The lowest BCUT2D eigenvalue weighted by molar-refractivity contribution is 0.103. The summed E-state index contributed by atoms with van der Waals surface area (Å²) < 4.78 is 15.4. The third-order valence-corrected chi connectivity index (χ3v) is 2.82. The summed E-state index contributed by atoms with van der Waals surface area (Å²) in [7, 11) is 4.56. The third-order valence-electron chi connectivity index (χ3n) is 2.82. The zero-order valence-electron chi connectivity index (χ0n) is 11.5. The van der Waals surface area contributed by atoms with Crippen LogP contribution in [0.25, 0.3) is 0 Å². The molecule has 0 fully saturated rings. The summed E-state index contributed by atoms with van der Waals surface area (Å²) in [5, 5.41) is 0. The van der Waals surface area contributed by atoms with Crippen molar-refractivity contribution in [2.75, 3.05) is 21.3 Å². The third kappa shape index (κ3) is 2.71. The summed E-state index contributed by atoms with van der Waals surface area (Å²) in [5.41, 5.74) is 0.724. The zero-order chi connectivity index (χ0) is 14.5. The quantitative estimate of drug-likeness (QED) is 0.783. The Morgan fingerprint density at radius 2 is 1.80 bits per heavy atom. The second kappa shape index (κ2) is 6.06. The Morgan fingerprint density at radius 3 is 2.45 bits per heavy atom. The molecular formula is C15H15NO4. The first-order valence-electron chi connectivity index (χ1n) is 5.97. The molecule has 2 rings (SSSR count). The molecule has 20 heavy (non-hydrogen) atoms. The molecular weight excluding hydrogens is 258 g/mol. The second-order valence-electron chi connectivity index (χ2n) is 3.96. The molecule has 0 radical (unpaired) electrons. The van der Waals surface area contributed by atoms with Gasteiger partial charge in [-0.3, -0.25) is 4.79 Å². The number of carbonyl (C=O) groups is 1. The van der Waals surface area contributed by atoms with Crippen LogP contribution in [-0.4, -0.2) is 32.1 Å². The van der Waals surface area contributed by atoms with Crippen molar-refractivity contribution in [3.63, 3.8) is 0 Å². The lowest BCUT2D eigenvalue weighted by Crippen LogP contribution is -2.07. The number of rotatable bonds is 5. The fourth-order valence-corrected chi connectivity index (χ4v) is 1.78. The Morgan fingerprint density at radius 1 is 1.00 bits per heavy atom. The van der Waals surface area contributed by atoms with Crippen molar-refractivity contribution in [2.45, 2.75) is 0 Å². The summed E-state index contributed by atoms with van der Waals surface area (Å²) in [6, 6.07) is 10.1. The molecule has 0 saturated heterocycles. The van der Waals surface area contributed by atoms with Gasteiger partial charge in [0, 0.05) is 12.1 Å². The highest BCUT2D eigenvalue weighted by atomic mass is 16.5. The maximum atomic E-state index is 12.5. The van der Waals surface area contributed by atoms with Gasteiger partial charge in [0.15, 0.2) is 0 Å². The first-order chi connectivity index (χ1) is 9.69. The minimum Gasteiger partial charge on any atom is -0.497 e. The van der Waals surface area contributed by atoms with E-state index in [1.54, 1.807) is 43.5 Å². The van der Waals surface area contributed by atoms with Gasteiger partial charge in [0.1, 0.15) is 17.2 Å². The highest BCUT2D eigenvalue weighted by molar-refractivity contribution is 6.09. The maximum absolute atomic E-state index is 12.5. The van der Waals surface area contributed by atoms with Crippen LogP contribution in [0, 0.1) is 0 Å². The van der Waals surface area contributed by atoms with E-state index in [-0.39, 0.29) is 5.78 Å². The second-order valence-corrected chi connectivity index (χ2v) is 3.96. The predicted octanol–water partition coefficient (Wildman–Crippen LogP) is 2.34. The van der Waals surface area contributed by atoms with Crippen LogP contribution in [0.4, 0.5) is 0 Å². The van der Waals surface area contributed by atoms with Gasteiger partial charge in [-0.25, -0.2) is 4.98 Å². The summed E-state index contributed by atoms with van der Waals surface area (Å²) in [6.07, 6.45) is 0. The first-order valence-corrected chi connectivity index (χ1v) is 5.97. The molecule has 0 spiro atoms. The van der Waals surface area contributed by atoms with Crippen molar-refractivity contribution in [3.8, 4) is 17.4 Å². The van der Waals surface area contributed by atoms with Gasteiger partial charge < -0.3 is 14.2 Å². The fraction of sp³-hybridized carbons (Fsp3) is 0.200. The number of carbonyl (C=O) groups excluding carboxylic acids is 1. The summed E-state index contributed by atoms with van der Waals surface area (Å²) in [6.45, 7) is 0. The Kier molecular flexibility index (Phi) is 4.20. The SMILES string of the molecule is COc1ccc(C(=O)c2cccc(OC)n2)c(OC)c1. The van der Waals surface area contributed by atoms with Gasteiger partial charge in [-0.15, -0.1) is 0 Å². The number of benzene rings is 1. The average Bonchev–Trinajstić information content (AvgIpc) is 2.53. The Labute approximate surface area is 117 Å². The smallest absolute Gasteiger partial charge is 0.215 e. The molecule has 1 heterocycles. The van der Waals surface area contributed by atoms with E-state index >= 15 is 0 Å². The van der Waals surface area contributed by atoms with E-state index in [1.165, 1.54) is 14.2 Å². The van der Waals surface area contributed by atoms with Gasteiger partial charge in [-0.2, -0.15) is 0 Å². The molecule has 104 valence electrons. The summed E-state index contributed by atoms with van der Waals surface area (Å²) >= 11 is 0. The minimum atomic E-state index is -0.233. The lowest BCUT2D eigenvalue weighted by Gasteiger charge is -2.09.